The molecule has 0 rings (SSSR count). The average Bonchev–Trinajstić information content (AvgIpc) is 2.28. The van der Waals surface area contributed by atoms with E-state index in [0.29, 0.717) is 6.61 Å². The van der Waals surface area contributed by atoms with Crippen LogP contribution in [0.4, 0.5) is 4.79 Å². The average molecular weight is 248 g/mol. The Hall–Kier alpha value is -1.34. The summed E-state index contributed by atoms with van der Waals surface area (Å²) in [4.78, 5) is 22.0. The number of hydrogen-bond donors (Lipinski definition) is 3. The Morgan fingerprint density at radius 3 is 2.41 bits per heavy atom. The van der Waals surface area contributed by atoms with Gasteiger partial charge in [0.15, 0.2) is 6.10 Å². The van der Waals surface area contributed by atoms with E-state index >= 15 is 0 Å². The Morgan fingerprint density at radius 2 is 2.00 bits per heavy atom. The van der Waals surface area contributed by atoms with Gasteiger partial charge in [0.2, 0.25) is 0 Å². The van der Waals surface area contributed by atoms with E-state index in [1.165, 1.54) is 7.11 Å². The van der Waals surface area contributed by atoms with E-state index < -0.39 is 18.1 Å². The maximum Gasteiger partial charge on any atom is 0.334 e. The summed E-state index contributed by atoms with van der Waals surface area (Å²) < 4.78 is 9.59. The van der Waals surface area contributed by atoms with Crippen LogP contribution in [-0.2, 0) is 14.3 Å². The summed E-state index contributed by atoms with van der Waals surface area (Å²) in [5, 5.41) is 13.8. The van der Waals surface area contributed by atoms with Gasteiger partial charge >= 0.3 is 12.0 Å². The van der Waals surface area contributed by atoms with E-state index in [-0.39, 0.29) is 12.6 Å². The highest BCUT2D eigenvalue weighted by atomic mass is 16.5. The highest BCUT2D eigenvalue weighted by Crippen LogP contribution is 1.92. The summed E-state index contributed by atoms with van der Waals surface area (Å²) in [6.45, 7) is 2.25. The lowest BCUT2D eigenvalue weighted by molar-refractivity contribution is -0.147. The highest BCUT2D eigenvalue weighted by molar-refractivity contribution is 5.77. The van der Waals surface area contributed by atoms with Crippen LogP contribution < -0.4 is 10.6 Å². The predicted molar refractivity (Wildman–Crippen MR) is 60.9 cm³/mol. The molecule has 0 bridgehead atoms. The van der Waals surface area contributed by atoms with Gasteiger partial charge in [-0.1, -0.05) is 6.92 Å². The Bertz CT molecular complexity index is 247. The maximum absolute atomic E-state index is 11.4. The van der Waals surface area contributed by atoms with Crippen LogP contribution in [0.5, 0.6) is 0 Å². The van der Waals surface area contributed by atoms with Crippen molar-refractivity contribution < 1.29 is 24.2 Å². The molecular weight excluding hydrogens is 228 g/mol. The minimum atomic E-state index is -1.11. The SMILES string of the molecule is CCC(COC)NC(=O)NCC(OC)C(=O)O. The first kappa shape index (κ1) is 15.7. The summed E-state index contributed by atoms with van der Waals surface area (Å²) >= 11 is 0. The number of nitrogens with one attached hydrogen (secondary N) is 2. The molecule has 0 heterocycles. The van der Waals surface area contributed by atoms with E-state index in [1.807, 2.05) is 6.92 Å². The maximum atomic E-state index is 11.4. The Labute approximate surface area is 100 Å². The molecule has 7 heteroatoms. The lowest BCUT2D eigenvalue weighted by atomic mass is 10.2. The first-order valence-corrected chi connectivity index (χ1v) is 5.34. The fourth-order valence-corrected chi connectivity index (χ4v) is 1.16. The zero-order chi connectivity index (χ0) is 13.3. The van der Waals surface area contributed by atoms with Gasteiger partial charge < -0.3 is 25.2 Å². The molecule has 0 radical (unpaired) electrons. The third kappa shape index (κ3) is 6.75. The number of ether oxygens (including phenoxy) is 2. The van der Waals surface area contributed by atoms with Crippen molar-refractivity contribution in [3.63, 3.8) is 0 Å². The minimum absolute atomic E-state index is 0.0823. The van der Waals surface area contributed by atoms with E-state index in [9.17, 15) is 9.59 Å². The number of carbonyl (C=O) groups is 2. The molecule has 0 aliphatic heterocycles. The summed E-state index contributed by atoms with van der Waals surface area (Å²) in [5.41, 5.74) is 0. The number of methoxy groups -OCH3 is 2. The van der Waals surface area contributed by atoms with E-state index in [4.69, 9.17) is 9.84 Å². The Balaban J connectivity index is 3.96. The van der Waals surface area contributed by atoms with Gasteiger partial charge in [0.05, 0.1) is 19.2 Å². The second kappa shape index (κ2) is 8.77. The fraction of sp³-hybridized carbons (Fsp3) is 0.800. The zero-order valence-electron chi connectivity index (χ0n) is 10.4. The molecule has 17 heavy (non-hydrogen) atoms. The molecule has 2 amide bonds. The lowest BCUT2D eigenvalue weighted by Crippen LogP contribution is -2.47. The topological polar surface area (TPSA) is 96.9 Å². The number of amides is 2. The number of aliphatic carboxylic acids is 1. The van der Waals surface area contributed by atoms with Gasteiger partial charge in [-0.05, 0) is 6.42 Å². The number of rotatable bonds is 8. The lowest BCUT2D eigenvalue weighted by Gasteiger charge is -2.17. The van der Waals surface area contributed by atoms with Crippen LogP contribution in [-0.4, -0.2) is 56.6 Å². The van der Waals surface area contributed by atoms with Crippen LogP contribution in [0.2, 0.25) is 0 Å². The minimum Gasteiger partial charge on any atom is -0.479 e. The van der Waals surface area contributed by atoms with Gasteiger partial charge in [-0.15, -0.1) is 0 Å². The van der Waals surface area contributed by atoms with Gasteiger partial charge in [0.25, 0.3) is 0 Å². The molecule has 0 saturated heterocycles. The van der Waals surface area contributed by atoms with Gasteiger partial charge in [0.1, 0.15) is 0 Å². The van der Waals surface area contributed by atoms with Crippen LogP contribution >= 0.6 is 0 Å². The third-order valence-electron chi connectivity index (χ3n) is 2.20. The third-order valence-corrected chi connectivity index (χ3v) is 2.20. The molecule has 2 unspecified atom stereocenters. The number of carboxylic acids is 1. The molecule has 2 atom stereocenters. The monoisotopic (exact) mass is 248 g/mol. The molecule has 0 aromatic carbocycles. The fourth-order valence-electron chi connectivity index (χ4n) is 1.16. The smallest absolute Gasteiger partial charge is 0.334 e. The summed E-state index contributed by atoms with van der Waals surface area (Å²) in [6, 6.07) is -0.525. The molecule has 3 N–H and O–H groups in total. The largest absolute Gasteiger partial charge is 0.479 e. The molecule has 0 spiro atoms. The first-order valence-electron chi connectivity index (χ1n) is 5.34. The molecule has 0 aromatic rings. The molecule has 0 aliphatic rings. The molecule has 0 fully saturated rings. The standard InChI is InChI=1S/C10H20N2O5/c1-4-7(6-16-2)12-10(15)11-5-8(17-3)9(13)14/h7-8H,4-6H2,1-3H3,(H,13,14)(H2,11,12,15). The molecule has 0 aromatic heterocycles. The van der Waals surface area contributed by atoms with E-state index in [1.54, 1.807) is 7.11 Å². The van der Waals surface area contributed by atoms with Crippen molar-refractivity contribution in [2.45, 2.75) is 25.5 Å². The second-order valence-corrected chi connectivity index (χ2v) is 3.48. The van der Waals surface area contributed by atoms with Crippen molar-refractivity contribution in [3.8, 4) is 0 Å². The molecule has 100 valence electrons. The Morgan fingerprint density at radius 1 is 1.35 bits per heavy atom. The molecular formula is C10H20N2O5. The number of carboxylic acid groups (broad SMARTS) is 1. The van der Waals surface area contributed by atoms with Crippen molar-refractivity contribution >= 4 is 12.0 Å². The van der Waals surface area contributed by atoms with Crippen LogP contribution in [0.3, 0.4) is 0 Å². The van der Waals surface area contributed by atoms with E-state index in [2.05, 4.69) is 15.4 Å². The zero-order valence-corrected chi connectivity index (χ0v) is 10.4. The van der Waals surface area contributed by atoms with Crippen LogP contribution in [0, 0.1) is 0 Å². The van der Waals surface area contributed by atoms with Crippen molar-refractivity contribution in [3.05, 3.63) is 0 Å². The molecule has 0 saturated carbocycles. The van der Waals surface area contributed by atoms with Crippen LogP contribution in [0.1, 0.15) is 13.3 Å². The van der Waals surface area contributed by atoms with Crippen LogP contribution in [0.15, 0.2) is 0 Å². The summed E-state index contributed by atoms with van der Waals surface area (Å²) in [5.74, 6) is -1.11. The number of carbonyl (C=O) groups excluding carboxylic acids is 1. The van der Waals surface area contributed by atoms with Crippen molar-refractivity contribution in [2.75, 3.05) is 27.4 Å². The van der Waals surface area contributed by atoms with Gasteiger partial charge in [0, 0.05) is 14.2 Å². The normalized spacial score (nSPS) is 13.8. The van der Waals surface area contributed by atoms with Gasteiger partial charge in [-0.25, -0.2) is 9.59 Å². The number of hydrogen-bond acceptors (Lipinski definition) is 4. The first-order chi connectivity index (χ1) is 8.04. The van der Waals surface area contributed by atoms with Crippen LogP contribution in [0.25, 0.3) is 0 Å². The quantitative estimate of drug-likeness (QED) is 0.553. The summed E-state index contributed by atoms with van der Waals surface area (Å²) in [7, 11) is 2.83. The van der Waals surface area contributed by atoms with Gasteiger partial charge in [-0.2, -0.15) is 0 Å². The van der Waals surface area contributed by atoms with E-state index in [0.717, 1.165) is 6.42 Å². The van der Waals surface area contributed by atoms with Crippen molar-refractivity contribution in [1.82, 2.24) is 10.6 Å². The molecule has 7 nitrogen and oxygen atoms in total. The summed E-state index contributed by atoms with van der Waals surface area (Å²) in [6.07, 6.45) is -0.309. The predicted octanol–water partition coefficient (Wildman–Crippen LogP) is -0.190. The second-order valence-electron chi connectivity index (χ2n) is 3.48. The molecule has 0 aliphatic carbocycles. The van der Waals surface area contributed by atoms with Gasteiger partial charge in [-0.3, -0.25) is 0 Å². The van der Waals surface area contributed by atoms with Crippen molar-refractivity contribution in [1.29, 1.82) is 0 Å². The number of urea groups is 1. The highest BCUT2D eigenvalue weighted by Gasteiger charge is 2.17. The van der Waals surface area contributed by atoms with Crippen molar-refractivity contribution in [2.24, 2.45) is 0 Å². The Kier molecular flexibility index (Phi) is 8.08.